The van der Waals surface area contributed by atoms with Gasteiger partial charge in [0.15, 0.2) is 29.5 Å². The van der Waals surface area contributed by atoms with E-state index in [0.29, 0.717) is 16.8 Å². The molecule has 0 aliphatic carbocycles. The number of nitrogens with zero attached hydrogens (tertiary/aromatic N) is 5. The summed E-state index contributed by atoms with van der Waals surface area (Å²) in [7, 11) is 0. The number of amides is 1. The van der Waals surface area contributed by atoms with Gasteiger partial charge in [-0.2, -0.15) is 5.10 Å². The average Bonchev–Trinajstić information content (AvgIpc) is 3.70. The maximum absolute atomic E-state index is 15.1. The maximum Gasteiger partial charge on any atom is 0.417 e. The van der Waals surface area contributed by atoms with E-state index in [4.69, 9.17) is 13.9 Å². The van der Waals surface area contributed by atoms with Crippen molar-refractivity contribution in [1.29, 1.82) is 0 Å². The van der Waals surface area contributed by atoms with Crippen LogP contribution in [0.25, 0.3) is 22.5 Å². The smallest absolute Gasteiger partial charge is 0.417 e. The summed E-state index contributed by atoms with van der Waals surface area (Å²) in [5, 5.41) is 6.55. The van der Waals surface area contributed by atoms with Crippen LogP contribution in [0.4, 0.5) is 19.3 Å². The van der Waals surface area contributed by atoms with E-state index in [2.05, 4.69) is 15.4 Å². The van der Waals surface area contributed by atoms with E-state index in [0.717, 1.165) is 33.5 Å². The molecule has 6 aromatic rings. The van der Waals surface area contributed by atoms with Crippen molar-refractivity contribution in [3.8, 4) is 34.3 Å². The Morgan fingerprint density at radius 1 is 1.00 bits per heavy atom. The lowest BCUT2D eigenvalue weighted by Crippen LogP contribution is -2.39. The van der Waals surface area contributed by atoms with Gasteiger partial charge in [0.25, 0.3) is 0 Å². The molecule has 0 radical (unpaired) electrons. The fraction of sp³-hybridized carbons (Fsp3) is 0.0690. The second-order valence-corrected chi connectivity index (χ2v) is 9.06. The number of halogens is 2. The van der Waals surface area contributed by atoms with E-state index >= 15 is 4.39 Å². The van der Waals surface area contributed by atoms with Gasteiger partial charge in [-0.15, -0.1) is 0 Å². The molecule has 43 heavy (non-hydrogen) atoms. The van der Waals surface area contributed by atoms with Crippen LogP contribution < -0.4 is 26.0 Å². The molecule has 0 bridgehead atoms. The van der Waals surface area contributed by atoms with Crippen molar-refractivity contribution in [2.24, 2.45) is 0 Å². The molecule has 2 aromatic carbocycles. The molecular formula is C29H20F2N6O6. The molecule has 0 saturated heterocycles. The number of benzene rings is 2. The van der Waals surface area contributed by atoms with Crippen LogP contribution in [0.2, 0.25) is 0 Å². The average molecular weight is 587 g/mol. The van der Waals surface area contributed by atoms with Crippen molar-refractivity contribution in [2.45, 2.75) is 13.5 Å². The molecule has 0 aliphatic heterocycles. The van der Waals surface area contributed by atoms with E-state index in [1.807, 2.05) is 0 Å². The number of carbonyl (C=O) groups is 1. The molecular weight excluding hydrogens is 566 g/mol. The summed E-state index contributed by atoms with van der Waals surface area (Å²) in [6, 6.07) is 11.7. The minimum atomic E-state index is -1.11. The van der Waals surface area contributed by atoms with Crippen molar-refractivity contribution in [1.82, 2.24) is 23.7 Å². The monoisotopic (exact) mass is 586 g/mol. The number of anilines is 1. The van der Waals surface area contributed by atoms with Crippen LogP contribution >= 0.6 is 0 Å². The lowest BCUT2D eigenvalue weighted by Gasteiger charge is -2.13. The molecule has 1 amide bonds. The summed E-state index contributed by atoms with van der Waals surface area (Å²) < 4.78 is 48.3. The first-order chi connectivity index (χ1) is 20.8. The highest BCUT2D eigenvalue weighted by atomic mass is 19.1. The topological polar surface area (TPSA) is 135 Å². The number of carbonyl (C=O) groups excluding carboxylic acids is 1. The molecule has 0 atom stereocenters. The van der Waals surface area contributed by atoms with E-state index < -0.39 is 34.7 Å². The molecule has 4 aromatic heterocycles. The fourth-order valence-corrected chi connectivity index (χ4v) is 4.29. The van der Waals surface area contributed by atoms with Gasteiger partial charge in [-0.25, -0.2) is 32.4 Å². The Hall–Kier alpha value is -6.05. The molecule has 12 nitrogen and oxygen atoms in total. The van der Waals surface area contributed by atoms with Crippen LogP contribution in [-0.4, -0.2) is 29.8 Å². The molecule has 14 heteroatoms. The number of pyridine rings is 1. The molecule has 0 spiro atoms. The van der Waals surface area contributed by atoms with E-state index in [-0.39, 0.29) is 29.4 Å². The lowest BCUT2D eigenvalue weighted by atomic mass is 10.2. The standard InChI is InChI=1S/C29H20F2N6O6/c1-2-35-15-26(27(38)37(29(35)40)20-6-3-18(30)4-7-20)43-28(39)34-19-5-8-23(21(31)12-19)42-24-11-17(25-13-32-16-41-25)14-36-22(24)9-10-33-36/h3-16H,2H2,1H3,(H,34,39). The van der Waals surface area contributed by atoms with Crippen LogP contribution in [0, 0.1) is 11.6 Å². The predicted octanol–water partition coefficient (Wildman–Crippen LogP) is 5.00. The number of fused-ring (bicyclic) bond motifs is 1. The van der Waals surface area contributed by atoms with Crippen LogP contribution in [0.1, 0.15) is 6.92 Å². The van der Waals surface area contributed by atoms with Gasteiger partial charge in [0.1, 0.15) is 11.3 Å². The number of rotatable bonds is 7. The number of nitrogens with one attached hydrogen (secondary N) is 1. The SMILES string of the molecule is CCn1cc(OC(=O)Nc2ccc(Oc3cc(-c4cnco4)cn4nccc34)c(F)c2)c(=O)n(-c2ccc(F)cc2)c1=O. The zero-order valence-corrected chi connectivity index (χ0v) is 22.2. The highest BCUT2D eigenvalue weighted by molar-refractivity contribution is 5.86. The molecule has 0 saturated carbocycles. The first-order valence-corrected chi connectivity index (χ1v) is 12.8. The third-order valence-corrected chi connectivity index (χ3v) is 6.34. The highest BCUT2D eigenvalue weighted by Gasteiger charge is 2.18. The zero-order chi connectivity index (χ0) is 30.1. The van der Waals surface area contributed by atoms with Crippen LogP contribution in [0.5, 0.6) is 17.2 Å². The summed E-state index contributed by atoms with van der Waals surface area (Å²) in [4.78, 5) is 42.4. The Balaban J connectivity index is 1.23. The van der Waals surface area contributed by atoms with Gasteiger partial charge in [-0.3, -0.25) is 14.7 Å². The summed E-state index contributed by atoms with van der Waals surface area (Å²) in [5.74, 6) is -1.24. The molecule has 0 aliphatic rings. The van der Waals surface area contributed by atoms with Gasteiger partial charge >= 0.3 is 17.3 Å². The Labute approximate surface area is 240 Å². The Bertz CT molecular complexity index is 2080. The quantitative estimate of drug-likeness (QED) is 0.276. The van der Waals surface area contributed by atoms with Crippen molar-refractivity contribution in [3.63, 3.8) is 0 Å². The highest BCUT2D eigenvalue weighted by Crippen LogP contribution is 2.33. The second-order valence-electron chi connectivity index (χ2n) is 9.06. The number of hydrogen-bond acceptors (Lipinski definition) is 8. The second kappa shape index (κ2) is 11.1. The first-order valence-electron chi connectivity index (χ1n) is 12.8. The molecule has 0 unspecified atom stereocenters. The fourth-order valence-electron chi connectivity index (χ4n) is 4.29. The van der Waals surface area contributed by atoms with Gasteiger partial charge in [0.2, 0.25) is 5.75 Å². The largest absolute Gasteiger partial charge is 0.452 e. The minimum Gasteiger partial charge on any atom is -0.452 e. The van der Waals surface area contributed by atoms with Crippen molar-refractivity contribution >= 4 is 17.3 Å². The number of aryl methyl sites for hydroxylation is 1. The lowest BCUT2D eigenvalue weighted by molar-refractivity contribution is 0.213. The molecule has 216 valence electrons. The van der Waals surface area contributed by atoms with E-state index in [1.54, 1.807) is 36.0 Å². The molecule has 6 rings (SSSR count). The number of aromatic nitrogens is 5. The first kappa shape index (κ1) is 27.1. The summed E-state index contributed by atoms with van der Waals surface area (Å²) in [6.45, 7) is 1.80. The van der Waals surface area contributed by atoms with Crippen molar-refractivity contribution in [2.75, 3.05) is 5.32 Å². The van der Waals surface area contributed by atoms with Gasteiger partial charge < -0.3 is 13.9 Å². The number of hydrogen-bond donors (Lipinski definition) is 1. The normalized spacial score (nSPS) is 11.0. The van der Waals surface area contributed by atoms with Gasteiger partial charge in [-0.1, -0.05) is 0 Å². The van der Waals surface area contributed by atoms with E-state index in [9.17, 15) is 18.8 Å². The van der Waals surface area contributed by atoms with Gasteiger partial charge in [0, 0.05) is 30.1 Å². The van der Waals surface area contributed by atoms with Gasteiger partial charge in [0.05, 0.1) is 24.3 Å². The predicted molar refractivity (Wildman–Crippen MR) is 149 cm³/mol. The molecule has 4 heterocycles. The zero-order valence-electron chi connectivity index (χ0n) is 22.2. The Morgan fingerprint density at radius 2 is 1.81 bits per heavy atom. The Morgan fingerprint density at radius 3 is 2.53 bits per heavy atom. The van der Waals surface area contributed by atoms with Gasteiger partial charge in [-0.05, 0) is 55.5 Å². The van der Waals surface area contributed by atoms with Crippen LogP contribution in [0.15, 0.2) is 99.8 Å². The molecule has 1 N–H and O–H groups in total. The van der Waals surface area contributed by atoms with Crippen LogP contribution in [-0.2, 0) is 6.54 Å². The summed E-state index contributed by atoms with van der Waals surface area (Å²) in [5.41, 5.74) is -0.399. The Kier molecular flexibility index (Phi) is 6.99. The minimum absolute atomic E-state index is 0.00225. The molecule has 0 fully saturated rings. The third kappa shape index (κ3) is 5.36. The third-order valence-electron chi connectivity index (χ3n) is 6.34. The van der Waals surface area contributed by atoms with Crippen molar-refractivity contribution in [3.05, 3.63) is 118 Å². The number of ether oxygens (including phenoxy) is 2. The van der Waals surface area contributed by atoms with Crippen LogP contribution in [0.3, 0.4) is 0 Å². The summed E-state index contributed by atoms with van der Waals surface area (Å²) in [6.07, 6.45) is 6.04. The summed E-state index contributed by atoms with van der Waals surface area (Å²) >= 11 is 0. The number of oxazole rings is 1. The maximum atomic E-state index is 15.1. The van der Waals surface area contributed by atoms with Crippen molar-refractivity contribution < 1.29 is 27.5 Å². The van der Waals surface area contributed by atoms with E-state index in [1.165, 1.54) is 36.9 Å².